The number of anilines is 1. The summed E-state index contributed by atoms with van der Waals surface area (Å²) in [6.45, 7) is 2.67. The van der Waals surface area contributed by atoms with Gasteiger partial charge in [0.1, 0.15) is 5.75 Å². The molecule has 0 aliphatic carbocycles. The van der Waals surface area contributed by atoms with Crippen molar-refractivity contribution in [3.8, 4) is 5.75 Å². The topological polar surface area (TPSA) is 86.0 Å². The highest BCUT2D eigenvalue weighted by Crippen LogP contribution is 2.37. The Bertz CT molecular complexity index is 525. The van der Waals surface area contributed by atoms with Crippen molar-refractivity contribution in [2.24, 2.45) is 0 Å². The van der Waals surface area contributed by atoms with E-state index in [4.69, 9.17) is 15.6 Å². The van der Waals surface area contributed by atoms with Crippen molar-refractivity contribution in [1.29, 1.82) is 10.8 Å². The fourth-order valence-corrected chi connectivity index (χ4v) is 2.10. The van der Waals surface area contributed by atoms with E-state index in [1.54, 1.807) is 0 Å². The Morgan fingerprint density at radius 2 is 2.32 bits per heavy atom. The number of hydrogen-bond acceptors (Lipinski definition) is 4. The van der Waals surface area contributed by atoms with Crippen LogP contribution in [0.15, 0.2) is 18.2 Å². The third-order valence-electron chi connectivity index (χ3n) is 3.04. The minimum atomic E-state index is -0.394. The Hall–Kier alpha value is -2.17. The van der Waals surface area contributed by atoms with Gasteiger partial charge in [-0.1, -0.05) is 6.92 Å². The summed E-state index contributed by atoms with van der Waals surface area (Å²) in [6.07, 6.45) is 2.15. The molecular formula is C14H17N3O2. The predicted octanol–water partition coefficient (Wildman–Crippen LogP) is 2.57. The molecular weight excluding hydrogens is 242 g/mol. The van der Waals surface area contributed by atoms with E-state index in [9.17, 15) is 4.79 Å². The van der Waals surface area contributed by atoms with E-state index in [-0.39, 0.29) is 18.0 Å². The first-order chi connectivity index (χ1) is 9.15. The molecule has 0 radical (unpaired) electrons. The summed E-state index contributed by atoms with van der Waals surface area (Å²) >= 11 is 0. The van der Waals surface area contributed by atoms with Crippen LogP contribution in [0.2, 0.25) is 0 Å². The molecule has 0 saturated heterocycles. The lowest BCUT2D eigenvalue weighted by Gasteiger charge is -2.10. The molecule has 0 aromatic heterocycles. The zero-order valence-corrected chi connectivity index (χ0v) is 10.8. The molecule has 5 heteroatoms. The molecule has 1 aliphatic heterocycles. The van der Waals surface area contributed by atoms with Gasteiger partial charge in [-0.15, -0.1) is 0 Å². The number of ether oxygens (including phenoxy) is 1. The number of amides is 1. The maximum Gasteiger partial charge on any atom is 0.232 e. The molecule has 1 aliphatic rings. The quantitative estimate of drug-likeness (QED) is 0.686. The number of nitrogens with one attached hydrogen (secondary N) is 3. The van der Waals surface area contributed by atoms with E-state index >= 15 is 0 Å². The molecule has 19 heavy (non-hydrogen) atoms. The van der Waals surface area contributed by atoms with Gasteiger partial charge in [-0.2, -0.15) is 0 Å². The second-order valence-electron chi connectivity index (χ2n) is 4.51. The van der Waals surface area contributed by atoms with Gasteiger partial charge in [-0.25, -0.2) is 0 Å². The minimum Gasteiger partial charge on any atom is -0.494 e. The molecule has 1 aromatic rings. The van der Waals surface area contributed by atoms with Crippen LogP contribution in [0.25, 0.3) is 0 Å². The molecule has 100 valence electrons. The molecule has 1 heterocycles. The van der Waals surface area contributed by atoms with Crippen LogP contribution >= 0.6 is 0 Å². The van der Waals surface area contributed by atoms with Gasteiger partial charge in [0.25, 0.3) is 0 Å². The lowest BCUT2D eigenvalue weighted by Crippen LogP contribution is -2.15. The molecule has 5 nitrogen and oxygen atoms in total. The van der Waals surface area contributed by atoms with Gasteiger partial charge in [0.15, 0.2) is 0 Å². The summed E-state index contributed by atoms with van der Waals surface area (Å²) in [7, 11) is 0. The fourth-order valence-electron chi connectivity index (χ4n) is 2.10. The van der Waals surface area contributed by atoms with Gasteiger partial charge >= 0.3 is 0 Å². The van der Waals surface area contributed by atoms with Crippen LogP contribution in [0.1, 0.15) is 31.2 Å². The number of fused-ring (bicyclic) bond motifs is 1. The summed E-state index contributed by atoms with van der Waals surface area (Å²) in [5.41, 5.74) is 1.77. The third kappa shape index (κ3) is 2.81. The van der Waals surface area contributed by atoms with E-state index < -0.39 is 5.92 Å². The highest BCUT2D eigenvalue weighted by atomic mass is 16.5. The van der Waals surface area contributed by atoms with Crippen LogP contribution in [-0.4, -0.2) is 24.4 Å². The van der Waals surface area contributed by atoms with Gasteiger partial charge in [-0.05, 0) is 30.2 Å². The Balaban J connectivity index is 2.23. The molecule has 1 amide bonds. The van der Waals surface area contributed by atoms with Gasteiger partial charge in [-0.3, -0.25) is 4.79 Å². The van der Waals surface area contributed by atoms with Gasteiger partial charge < -0.3 is 20.9 Å². The zero-order valence-electron chi connectivity index (χ0n) is 10.8. The molecule has 0 saturated carbocycles. The maximum absolute atomic E-state index is 11.9. The number of carbonyl (C=O) groups excluding carboxylic acids is 1. The van der Waals surface area contributed by atoms with Crippen molar-refractivity contribution in [3.05, 3.63) is 23.8 Å². The standard InChI is InChI=1S/C14H17N3O2/c1-2-5-19-10-3-4-13-11(7-10)12(14(18)17-13)6-9(16)8-15/h3-4,7-8,12,15-16H,2,5-6H2,1H3,(H,17,18). The molecule has 0 fully saturated rings. The highest BCUT2D eigenvalue weighted by Gasteiger charge is 2.31. The summed E-state index contributed by atoms with van der Waals surface area (Å²) < 4.78 is 5.56. The predicted molar refractivity (Wildman–Crippen MR) is 74.7 cm³/mol. The van der Waals surface area contributed by atoms with Crippen molar-refractivity contribution in [2.45, 2.75) is 25.7 Å². The first-order valence-corrected chi connectivity index (χ1v) is 6.31. The van der Waals surface area contributed by atoms with E-state index in [0.717, 1.165) is 29.6 Å². The van der Waals surface area contributed by atoms with E-state index in [1.165, 1.54) is 0 Å². The molecule has 1 aromatic carbocycles. The van der Waals surface area contributed by atoms with Crippen molar-refractivity contribution in [1.82, 2.24) is 0 Å². The molecule has 1 atom stereocenters. The summed E-state index contributed by atoms with van der Waals surface area (Å²) in [5.74, 6) is 0.229. The fraction of sp³-hybridized carbons (Fsp3) is 0.357. The second-order valence-corrected chi connectivity index (χ2v) is 4.51. The Kier molecular flexibility index (Phi) is 3.94. The first kappa shape index (κ1) is 13.3. The zero-order chi connectivity index (χ0) is 13.8. The van der Waals surface area contributed by atoms with Gasteiger partial charge in [0.05, 0.1) is 18.2 Å². The van der Waals surface area contributed by atoms with E-state index in [0.29, 0.717) is 6.61 Å². The normalized spacial score (nSPS) is 16.7. The lowest BCUT2D eigenvalue weighted by atomic mass is 9.95. The smallest absolute Gasteiger partial charge is 0.232 e. The molecule has 0 bridgehead atoms. The van der Waals surface area contributed by atoms with Crippen LogP contribution in [0.4, 0.5) is 5.69 Å². The van der Waals surface area contributed by atoms with Crippen molar-refractivity contribution in [2.75, 3.05) is 11.9 Å². The van der Waals surface area contributed by atoms with Crippen molar-refractivity contribution >= 4 is 23.5 Å². The number of benzene rings is 1. The Labute approximate surface area is 112 Å². The Morgan fingerprint density at radius 3 is 3.00 bits per heavy atom. The first-order valence-electron chi connectivity index (χ1n) is 6.31. The Morgan fingerprint density at radius 1 is 1.53 bits per heavy atom. The SMILES string of the molecule is CCCOc1ccc2c(c1)C(CC(=N)C=N)C(=O)N2. The summed E-state index contributed by atoms with van der Waals surface area (Å²) in [6, 6.07) is 5.51. The average Bonchev–Trinajstić information content (AvgIpc) is 2.72. The van der Waals surface area contributed by atoms with Gasteiger partial charge in [0.2, 0.25) is 5.91 Å². The summed E-state index contributed by atoms with van der Waals surface area (Å²) in [5, 5.41) is 17.4. The van der Waals surface area contributed by atoms with Crippen LogP contribution in [0.5, 0.6) is 5.75 Å². The number of hydrogen-bond donors (Lipinski definition) is 3. The third-order valence-corrected chi connectivity index (χ3v) is 3.04. The van der Waals surface area contributed by atoms with E-state index in [1.807, 2.05) is 25.1 Å². The monoisotopic (exact) mass is 259 g/mol. The lowest BCUT2D eigenvalue weighted by molar-refractivity contribution is -0.116. The summed E-state index contributed by atoms with van der Waals surface area (Å²) in [4.78, 5) is 11.9. The minimum absolute atomic E-state index is 0.116. The van der Waals surface area contributed by atoms with Gasteiger partial charge in [0, 0.05) is 18.3 Å². The largest absolute Gasteiger partial charge is 0.494 e. The highest BCUT2D eigenvalue weighted by molar-refractivity contribution is 6.29. The number of rotatable bonds is 6. The van der Waals surface area contributed by atoms with Crippen LogP contribution in [-0.2, 0) is 4.79 Å². The second kappa shape index (κ2) is 5.65. The van der Waals surface area contributed by atoms with Crippen LogP contribution in [0, 0.1) is 10.8 Å². The van der Waals surface area contributed by atoms with Crippen molar-refractivity contribution in [3.63, 3.8) is 0 Å². The maximum atomic E-state index is 11.9. The molecule has 0 spiro atoms. The van der Waals surface area contributed by atoms with Crippen LogP contribution < -0.4 is 10.1 Å². The molecule has 1 unspecified atom stereocenters. The molecule has 2 rings (SSSR count). The number of carbonyl (C=O) groups is 1. The van der Waals surface area contributed by atoms with Crippen LogP contribution in [0.3, 0.4) is 0 Å². The average molecular weight is 259 g/mol. The van der Waals surface area contributed by atoms with Crippen molar-refractivity contribution < 1.29 is 9.53 Å². The van der Waals surface area contributed by atoms with E-state index in [2.05, 4.69) is 5.32 Å². The molecule has 3 N–H and O–H groups in total.